The molecule has 2 aromatic carbocycles. The molecule has 0 saturated heterocycles. The van der Waals surface area contributed by atoms with E-state index in [-0.39, 0.29) is 17.0 Å². The van der Waals surface area contributed by atoms with E-state index in [9.17, 15) is 8.78 Å². The Kier molecular flexibility index (Phi) is 2.64. The fourth-order valence-electron chi connectivity index (χ4n) is 2.00. The molecule has 3 rings (SSSR count). The number of nitrogens with two attached hydrogens (primary N) is 1. The minimum Gasteiger partial charge on any atom is -0.369 e. The molecule has 3 nitrogen and oxygen atoms in total. The number of para-hydroxylation sites is 1. The second-order valence-electron chi connectivity index (χ2n) is 3.99. The number of nitrogens with zero attached hydrogens (tertiary/aromatic N) is 2. The van der Waals surface area contributed by atoms with E-state index in [1.807, 2.05) is 0 Å². The van der Waals surface area contributed by atoms with Crippen molar-refractivity contribution in [2.45, 2.75) is 0 Å². The maximum absolute atomic E-state index is 14.0. The highest BCUT2D eigenvalue weighted by atomic mass is 35.5. The molecule has 0 aliphatic rings. The molecule has 19 heavy (non-hydrogen) atoms. The van der Waals surface area contributed by atoms with Crippen LogP contribution >= 0.6 is 11.6 Å². The summed E-state index contributed by atoms with van der Waals surface area (Å²) in [4.78, 5) is 4.01. The molecule has 0 atom stereocenters. The summed E-state index contributed by atoms with van der Waals surface area (Å²) < 4.78 is 28.6. The summed E-state index contributed by atoms with van der Waals surface area (Å²) in [6.07, 6.45) is 0. The molecule has 1 heterocycles. The number of imidazole rings is 1. The molecule has 0 radical (unpaired) electrons. The third kappa shape index (κ3) is 1.74. The van der Waals surface area contributed by atoms with E-state index in [0.29, 0.717) is 10.7 Å². The van der Waals surface area contributed by atoms with Crippen molar-refractivity contribution in [3.05, 3.63) is 53.1 Å². The summed E-state index contributed by atoms with van der Waals surface area (Å²) in [6, 6.07) is 9.14. The first-order valence-corrected chi connectivity index (χ1v) is 5.84. The van der Waals surface area contributed by atoms with Gasteiger partial charge in [-0.1, -0.05) is 23.7 Å². The number of fused-ring (bicyclic) bond motifs is 1. The van der Waals surface area contributed by atoms with E-state index in [0.717, 1.165) is 6.07 Å². The van der Waals surface area contributed by atoms with E-state index < -0.39 is 11.6 Å². The number of benzene rings is 2. The van der Waals surface area contributed by atoms with Crippen molar-refractivity contribution >= 4 is 28.6 Å². The fourth-order valence-corrected chi connectivity index (χ4v) is 2.22. The number of nitrogen functional groups attached to an aromatic ring is 1. The van der Waals surface area contributed by atoms with Crippen molar-refractivity contribution in [1.82, 2.24) is 9.55 Å². The second kappa shape index (κ2) is 4.20. The number of rotatable bonds is 1. The lowest BCUT2D eigenvalue weighted by atomic mass is 10.2. The molecule has 0 bridgehead atoms. The van der Waals surface area contributed by atoms with Gasteiger partial charge in [0, 0.05) is 0 Å². The highest BCUT2D eigenvalue weighted by molar-refractivity contribution is 6.32. The number of hydrogen-bond acceptors (Lipinski definition) is 2. The summed E-state index contributed by atoms with van der Waals surface area (Å²) in [6.45, 7) is 0. The van der Waals surface area contributed by atoms with Gasteiger partial charge >= 0.3 is 0 Å². The van der Waals surface area contributed by atoms with Crippen LogP contribution in [0, 0.1) is 11.6 Å². The van der Waals surface area contributed by atoms with Gasteiger partial charge in [-0.25, -0.2) is 13.8 Å². The molecule has 0 unspecified atom stereocenters. The average molecular weight is 280 g/mol. The first kappa shape index (κ1) is 11.9. The van der Waals surface area contributed by atoms with Crippen LogP contribution in [0.3, 0.4) is 0 Å². The summed E-state index contributed by atoms with van der Waals surface area (Å²) >= 11 is 6.06. The van der Waals surface area contributed by atoms with E-state index in [1.54, 1.807) is 24.3 Å². The van der Waals surface area contributed by atoms with Gasteiger partial charge in [-0.3, -0.25) is 4.57 Å². The van der Waals surface area contributed by atoms with Crippen molar-refractivity contribution in [3.8, 4) is 5.69 Å². The van der Waals surface area contributed by atoms with Crippen LogP contribution in [0.25, 0.3) is 16.7 Å². The van der Waals surface area contributed by atoms with Gasteiger partial charge in [0.2, 0.25) is 5.95 Å². The largest absolute Gasteiger partial charge is 0.369 e. The van der Waals surface area contributed by atoms with E-state index >= 15 is 0 Å². The normalized spacial score (nSPS) is 11.1. The smallest absolute Gasteiger partial charge is 0.206 e. The Balaban J connectivity index is 2.45. The Morgan fingerprint density at radius 3 is 2.58 bits per heavy atom. The minimum atomic E-state index is -0.999. The highest BCUT2D eigenvalue weighted by Crippen LogP contribution is 2.30. The molecule has 0 aliphatic heterocycles. The first-order valence-electron chi connectivity index (χ1n) is 5.46. The van der Waals surface area contributed by atoms with Crippen molar-refractivity contribution in [1.29, 1.82) is 0 Å². The molecule has 1 aromatic heterocycles. The molecule has 0 fully saturated rings. The SMILES string of the molecule is Nc1nc2ccc(F)c(F)c2n1-c1ccccc1Cl. The Morgan fingerprint density at radius 1 is 1.11 bits per heavy atom. The van der Waals surface area contributed by atoms with Crippen LogP contribution in [-0.2, 0) is 0 Å². The first-order chi connectivity index (χ1) is 9.09. The number of hydrogen-bond donors (Lipinski definition) is 1. The Labute approximate surface area is 112 Å². The van der Waals surface area contributed by atoms with Gasteiger partial charge in [-0.15, -0.1) is 0 Å². The third-order valence-corrected chi connectivity index (χ3v) is 3.15. The van der Waals surface area contributed by atoms with Gasteiger partial charge in [0.25, 0.3) is 0 Å². The molecule has 2 N–H and O–H groups in total. The van der Waals surface area contributed by atoms with Gasteiger partial charge in [-0.05, 0) is 24.3 Å². The summed E-state index contributed by atoms with van der Waals surface area (Å²) in [7, 11) is 0. The predicted molar refractivity (Wildman–Crippen MR) is 70.4 cm³/mol. The molecule has 0 spiro atoms. The van der Waals surface area contributed by atoms with Gasteiger partial charge in [0.05, 0.1) is 16.2 Å². The zero-order chi connectivity index (χ0) is 13.6. The monoisotopic (exact) mass is 279 g/mol. The number of halogens is 3. The van der Waals surface area contributed by atoms with Crippen LogP contribution in [0.4, 0.5) is 14.7 Å². The van der Waals surface area contributed by atoms with E-state index in [4.69, 9.17) is 17.3 Å². The number of anilines is 1. The molecule has 0 amide bonds. The van der Waals surface area contributed by atoms with Gasteiger partial charge in [0.15, 0.2) is 11.6 Å². The minimum absolute atomic E-state index is 0.0226. The molecule has 0 aliphatic carbocycles. The second-order valence-corrected chi connectivity index (χ2v) is 4.39. The molecule has 0 saturated carbocycles. The van der Waals surface area contributed by atoms with Crippen LogP contribution in [0.1, 0.15) is 0 Å². The number of aromatic nitrogens is 2. The topological polar surface area (TPSA) is 43.8 Å². The molecular formula is C13H8ClF2N3. The van der Waals surface area contributed by atoms with Crippen LogP contribution < -0.4 is 5.73 Å². The fraction of sp³-hybridized carbons (Fsp3) is 0. The van der Waals surface area contributed by atoms with Crippen LogP contribution in [0.5, 0.6) is 0 Å². The van der Waals surface area contributed by atoms with Gasteiger partial charge in [-0.2, -0.15) is 0 Å². The van der Waals surface area contributed by atoms with Crippen molar-refractivity contribution < 1.29 is 8.78 Å². The Hall–Kier alpha value is -2.14. The summed E-state index contributed by atoms with van der Waals surface area (Å²) in [5, 5.41) is 0.372. The molecule has 96 valence electrons. The summed E-state index contributed by atoms with van der Waals surface area (Å²) in [5.74, 6) is -1.91. The van der Waals surface area contributed by atoms with Crippen LogP contribution in [-0.4, -0.2) is 9.55 Å². The lowest BCUT2D eigenvalue weighted by Crippen LogP contribution is -2.02. The molecular weight excluding hydrogens is 272 g/mol. The average Bonchev–Trinajstić information content (AvgIpc) is 2.72. The highest BCUT2D eigenvalue weighted by Gasteiger charge is 2.18. The van der Waals surface area contributed by atoms with Crippen molar-refractivity contribution in [2.24, 2.45) is 0 Å². The van der Waals surface area contributed by atoms with Crippen LogP contribution in [0.2, 0.25) is 5.02 Å². The maximum Gasteiger partial charge on any atom is 0.206 e. The molecule has 6 heteroatoms. The Bertz CT molecular complexity index is 783. The zero-order valence-electron chi connectivity index (χ0n) is 9.57. The zero-order valence-corrected chi connectivity index (χ0v) is 10.3. The third-order valence-electron chi connectivity index (χ3n) is 2.83. The van der Waals surface area contributed by atoms with Crippen molar-refractivity contribution in [2.75, 3.05) is 5.73 Å². The van der Waals surface area contributed by atoms with E-state index in [2.05, 4.69) is 4.98 Å². The van der Waals surface area contributed by atoms with Crippen LogP contribution in [0.15, 0.2) is 36.4 Å². The predicted octanol–water partition coefficient (Wildman–Crippen LogP) is 3.54. The van der Waals surface area contributed by atoms with Gasteiger partial charge in [0.1, 0.15) is 5.52 Å². The lowest BCUT2D eigenvalue weighted by molar-refractivity contribution is 0.514. The van der Waals surface area contributed by atoms with Crippen molar-refractivity contribution in [3.63, 3.8) is 0 Å². The standard InChI is InChI=1S/C13H8ClF2N3/c14-7-3-1-2-4-10(7)19-12-9(18-13(19)17)6-5-8(15)11(12)16/h1-6H,(H2,17,18). The quantitative estimate of drug-likeness (QED) is 0.740. The van der Waals surface area contributed by atoms with E-state index in [1.165, 1.54) is 10.6 Å². The maximum atomic E-state index is 14.0. The lowest BCUT2D eigenvalue weighted by Gasteiger charge is -2.08. The summed E-state index contributed by atoms with van der Waals surface area (Å²) in [5.41, 5.74) is 6.48. The molecule has 3 aromatic rings. The Morgan fingerprint density at radius 2 is 1.84 bits per heavy atom. The van der Waals surface area contributed by atoms with Gasteiger partial charge < -0.3 is 5.73 Å².